The van der Waals surface area contributed by atoms with Gasteiger partial charge in [-0.1, -0.05) is 0 Å². The zero-order valence-corrected chi connectivity index (χ0v) is 18.4. The average Bonchev–Trinajstić information content (AvgIpc) is 2.84. The lowest BCUT2D eigenvalue weighted by Gasteiger charge is -2.11. The second kappa shape index (κ2) is 11.4. The number of nitrogens with one attached hydrogen (secondary N) is 2. The number of hydrogen-bond donors (Lipinski definition) is 2. The predicted octanol–water partition coefficient (Wildman–Crippen LogP) is 4.00. The summed E-state index contributed by atoms with van der Waals surface area (Å²) in [6.45, 7) is 8.00. The Balaban J connectivity index is 0.00000338. The van der Waals surface area contributed by atoms with Gasteiger partial charge in [0.1, 0.15) is 11.6 Å². The third-order valence-corrected chi connectivity index (χ3v) is 4.77. The van der Waals surface area contributed by atoms with Crippen molar-refractivity contribution in [2.24, 2.45) is 4.99 Å². The highest BCUT2D eigenvalue weighted by molar-refractivity contribution is 14.0. The van der Waals surface area contributed by atoms with E-state index < -0.39 is 11.6 Å². The lowest BCUT2D eigenvalue weighted by Crippen LogP contribution is -2.38. The van der Waals surface area contributed by atoms with Gasteiger partial charge < -0.3 is 10.6 Å². The molecule has 0 aliphatic rings. The standard InChI is InChI=1S/C18H24F2N4S.HI/c1-4-21-18(23-8-6-17-24-12(2)13(3)25-17)22-7-5-14-9-15(19)11-16(20)10-14;/h9-11H,4-8H2,1-3H3,(H2,21,22,23);1H. The maximum absolute atomic E-state index is 13.2. The van der Waals surface area contributed by atoms with E-state index in [1.165, 1.54) is 17.0 Å². The van der Waals surface area contributed by atoms with Crippen LogP contribution in [-0.2, 0) is 12.8 Å². The van der Waals surface area contributed by atoms with Gasteiger partial charge in [0.2, 0.25) is 0 Å². The van der Waals surface area contributed by atoms with Gasteiger partial charge >= 0.3 is 0 Å². The summed E-state index contributed by atoms with van der Waals surface area (Å²) < 4.78 is 26.4. The third-order valence-electron chi connectivity index (χ3n) is 3.64. The second-order valence-electron chi connectivity index (χ2n) is 5.71. The predicted molar refractivity (Wildman–Crippen MR) is 115 cm³/mol. The largest absolute Gasteiger partial charge is 0.357 e. The molecule has 0 aliphatic heterocycles. The van der Waals surface area contributed by atoms with Gasteiger partial charge in [-0.3, -0.25) is 4.99 Å². The minimum Gasteiger partial charge on any atom is -0.357 e. The maximum Gasteiger partial charge on any atom is 0.191 e. The number of thiazole rings is 1. The Bertz CT molecular complexity index is 694. The first kappa shape index (κ1) is 22.8. The number of rotatable bonds is 7. The first-order valence-corrected chi connectivity index (χ1v) is 9.19. The molecule has 0 fully saturated rings. The molecule has 144 valence electrons. The fraction of sp³-hybridized carbons (Fsp3) is 0.444. The first-order valence-electron chi connectivity index (χ1n) is 8.38. The highest BCUT2D eigenvalue weighted by Gasteiger charge is 2.04. The molecule has 0 aliphatic carbocycles. The number of halogens is 3. The van der Waals surface area contributed by atoms with Gasteiger partial charge in [0.15, 0.2) is 5.96 Å². The SMILES string of the molecule is CCNC(=NCCc1nc(C)c(C)s1)NCCc1cc(F)cc(F)c1.I. The van der Waals surface area contributed by atoms with Gasteiger partial charge in [-0.15, -0.1) is 35.3 Å². The van der Waals surface area contributed by atoms with Crippen molar-refractivity contribution in [3.8, 4) is 0 Å². The molecule has 1 aromatic carbocycles. The van der Waals surface area contributed by atoms with Crippen molar-refractivity contribution in [2.45, 2.75) is 33.6 Å². The molecule has 2 rings (SSSR count). The Kier molecular flexibility index (Phi) is 10.0. The van der Waals surface area contributed by atoms with Crippen LogP contribution in [0.2, 0.25) is 0 Å². The fourth-order valence-corrected chi connectivity index (χ4v) is 3.25. The van der Waals surface area contributed by atoms with E-state index in [4.69, 9.17) is 0 Å². The van der Waals surface area contributed by atoms with Crippen LogP contribution in [0.5, 0.6) is 0 Å². The lowest BCUT2D eigenvalue weighted by molar-refractivity contribution is 0.579. The van der Waals surface area contributed by atoms with Crippen LogP contribution in [-0.4, -0.2) is 30.6 Å². The van der Waals surface area contributed by atoms with E-state index in [1.807, 2.05) is 13.8 Å². The third kappa shape index (κ3) is 7.53. The molecule has 1 aromatic heterocycles. The van der Waals surface area contributed by atoms with E-state index in [0.29, 0.717) is 31.0 Å². The summed E-state index contributed by atoms with van der Waals surface area (Å²) in [6.07, 6.45) is 1.31. The van der Waals surface area contributed by atoms with Crippen LogP contribution in [0.1, 0.15) is 28.1 Å². The van der Waals surface area contributed by atoms with Crippen LogP contribution in [0, 0.1) is 25.5 Å². The summed E-state index contributed by atoms with van der Waals surface area (Å²) in [7, 11) is 0. The van der Waals surface area contributed by atoms with Crippen molar-refractivity contribution in [3.63, 3.8) is 0 Å². The van der Waals surface area contributed by atoms with Crippen molar-refractivity contribution in [3.05, 3.63) is 51.0 Å². The number of aryl methyl sites for hydroxylation is 2. The van der Waals surface area contributed by atoms with E-state index in [9.17, 15) is 8.78 Å². The molecule has 0 radical (unpaired) electrons. The number of aromatic nitrogens is 1. The van der Waals surface area contributed by atoms with Crippen molar-refractivity contribution < 1.29 is 8.78 Å². The molecule has 0 spiro atoms. The van der Waals surface area contributed by atoms with Gasteiger partial charge in [-0.25, -0.2) is 13.8 Å². The van der Waals surface area contributed by atoms with Crippen molar-refractivity contribution in [1.29, 1.82) is 0 Å². The number of aliphatic imine (C=N–C) groups is 1. The summed E-state index contributed by atoms with van der Waals surface area (Å²) in [5.41, 5.74) is 1.70. The van der Waals surface area contributed by atoms with Crippen LogP contribution in [0.3, 0.4) is 0 Å². The molecule has 0 unspecified atom stereocenters. The fourth-order valence-electron chi connectivity index (χ4n) is 2.33. The summed E-state index contributed by atoms with van der Waals surface area (Å²) in [4.78, 5) is 10.3. The Hall–Kier alpha value is -1.29. The summed E-state index contributed by atoms with van der Waals surface area (Å²) in [6, 6.07) is 3.58. The van der Waals surface area contributed by atoms with E-state index in [2.05, 4.69) is 27.5 Å². The van der Waals surface area contributed by atoms with Crippen LogP contribution in [0.15, 0.2) is 23.2 Å². The molecular weight excluding hydrogens is 469 g/mol. The molecule has 4 nitrogen and oxygen atoms in total. The Morgan fingerprint density at radius 2 is 1.81 bits per heavy atom. The molecule has 1 heterocycles. The highest BCUT2D eigenvalue weighted by atomic mass is 127. The van der Waals surface area contributed by atoms with E-state index >= 15 is 0 Å². The number of guanidine groups is 1. The zero-order valence-electron chi connectivity index (χ0n) is 15.2. The topological polar surface area (TPSA) is 49.3 Å². The van der Waals surface area contributed by atoms with Gasteiger partial charge in [0.05, 0.1) is 10.7 Å². The molecule has 0 saturated carbocycles. The summed E-state index contributed by atoms with van der Waals surface area (Å²) in [5.74, 6) is -0.404. The smallest absolute Gasteiger partial charge is 0.191 e. The van der Waals surface area contributed by atoms with E-state index in [0.717, 1.165) is 29.7 Å². The van der Waals surface area contributed by atoms with Crippen LogP contribution in [0.25, 0.3) is 0 Å². The molecule has 0 amide bonds. The van der Waals surface area contributed by atoms with Crippen LogP contribution >= 0.6 is 35.3 Å². The molecule has 2 N–H and O–H groups in total. The van der Waals surface area contributed by atoms with E-state index in [-0.39, 0.29) is 24.0 Å². The van der Waals surface area contributed by atoms with Gasteiger partial charge in [0, 0.05) is 37.0 Å². The van der Waals surface area contributed by atoms with Crippen LogP contribution in [0.4, 0.5) is 8.78 Å². The van der Waals surface area contributed by atoms with E-state index in [1.54, 1.807) is 11.3 Å². The molecular formula is C18H25F2IN4S. The molecule has 0 saturated heterocycles. The lowest BCUT2D eigenvalue weighted by atomic mass is 10.1. The summed E-state index contributed by atoms with van der Waals surface area (Å²) in [5, 5.41) is 7.44. The summed E-state index contributed by atoms with van der Waals surface area (Å²) >= 11 is 1.70. The van der Waals surface area contributed by atoms with Crippen molar-refractivity contribution >= 4 is 41.3 Å². The monoisotopic (exact) mass is 494 g/mol. The zero-order chi connectivity index (χ0) is 18.2. The van der Waals surface area contributed by atoms with Crippen molar-refractivity contribution in [2.75, 3.05) is 19.6 Å². The minimum absolute atomic E-state index is 0. The number of benzene rings is 1. The molecule has 0 atom stereocenters. The highest BCUT2D eigenvalue weighted by Crippen LogP contribution is 2.16. The van der Waals surface area contributed by atoms with Crippen molar-refractivity contribution in [1.82, 2.24) is 15.6 Å². The molecule has 2 aromatic rings. The molecule has 0 bridgehead atoms. The average molecular weight is 494 g/mol. The van der Waals surface area contributed by atoms with Crippen LogP contribution < -0.4 is 10.6 Å². The molecule has 26 heavy (non-hydrogen) atoms. The normalized spacial score (nSPS) is 11.2. The first-order chi connectivity index (χ1) is 12.0. The van der Waals surface area contributed by atoms with Gasteiger partial charge in [-0.2, -0.15) is 0 Å². The number of nitrogens with zero attached hydrogens (tertiary/aromatic N) is 2. The Labute approximate surface area is 174 Å². The maximum atomic E-state index is 13.2. The second-order valence-corrected chi connectivity index (χ2v) is 7.00. The minimum atomic E-state index is -0.551. The number of hydrogen-bond acceptors (Lipinski definition) is 3. The van der Waals surface area contributed by atoms with Gasteiger partial charge in [0.25, 0.3) is 0 Å². The molecule has 8 heteroatoms. The Morgan fingerprint density at radius 3 is 2.38 bits per heavy atom. The Morgan fingerprint density at radius 1 is 1.12 bits per heavy atom. The van der Waals surface area contributed by atoms with Gasteiger partial charge in [-0.05, 0) is 44.9 Å². The quantitative estimate of drug-likeness (QED) is 0.348.